The number of ether oxygens (including phenoxy) is 1. The topological polar surface area (TPSA) is 338 Å². The number of nitrogens with one attached hydrogen (secondary N) is 6. The number of rotatable bonds is 36. The van der Waals surface area contributed by atoms with E-state index >= 15 is 0 Å². The molecule has 10 amide bonds. The molecule has 0 unspecified atom stereocenters. The van der Waals surface area contributed by atoms with Gasteiger partial charge in [-0.05, 0) is 107 Å². The zero-order valence-corrected chi connectivity index (χ0v) is 52.6. The maximum absolute atomic E-state index is 14.8. The Morgan fingerprint density at radius 1 is 0.837 bits per heavy atom. The normalized spacial score (nSPS) is 17.1. The molecule has 1 saturated heterocycles. The lowest BCUT2D eigenvalue weighted by atomic mass is 9.92. The van der Waals surface area contributed by atoms with Crippen molar-refractivity contribution >= 4 is 82.3 Å². The van der Waals surface area contributed by atoms with Crippen molar-refractivity contribution in [3.05, 3.63) is 58.1 Å². The van der Waals surface area contributed by atoms with E-state index in [0.29, 0.717) is 61.3 Å². The van der Waals surface area contributed by atoms with E-state index in [1.165, 1.54) is 31.4 Å². The Hall–Kier alpha value is -7.28. The zero-order chi connectivity index (χ0) is 63.8. The van der Waals surface area contributed by atoms with Crippen molar-refractivity contribution in [1.29, 1.82) is 0 Å². The molecule has 0 saturated carbocycles. The summed E-state index contributed by atoms with van der Waals surface area (Å²) < 4.78 is 5.90. The zero-order valence-electron chi connectivity index (χ0n) is 51.7. The summed E-state index contributed by atoms with van der Waals surface area (Å²) >= 11 is 1.11. The molecular formula is C61H93N11O13S. The summed E-state index contributed by atoms with van der Waals surface area (Å²) in [5, 5.41) is 28.7. The first-order chi connectivity index (χ1) is 40.7. The van der Waals surface area contributed by atoms with Gasteiger partial charge < -0.3 is 52.4 Å². The molecule has 25 heteroatoms. The highest BCUT2D eigenvalue weighted by Crippen LogP contribution is 2.32. The number of benzene rings is 1. The molecule has 3 heterocycles. The van der Waals surface area contributed by atoms with Crippen LogP contribution in [0.25, 0.3) is 0 Å². The molecule has 1 aromatic carbocycles. The van der Waals surface area contributed by atoms with Crippen LogP contribution in [0.2, 0.25) is 0 Å². The van der Waals surface area contributed by atoms with Gasteiger partial charge in [0.2, 0.25) is 29.5 Å². The lowest BCUT2D eigenvalue weighted by molar-refractivity contribution is -0.150. The lowest BCUT2D eigenvalue weighted by Gasteiger charge is -2.40. The minimum atomic E-state index is -1.12. The number of thiazole rings is 1. The summed E-state index contributed by atoms with van der Waals surface area (Å²) in [6.07, 6.45) is 7.64. The number of anilines is 1. The number of carboxylic acids is 1. The molecule has 1 aromatic heterocycles. The van der Waals surface area contributed by atoms with Gasteiger partial charge in [-0.15, -0.1) is 11.3 Å². The molecule has 86 heavy (non-hydrogen) atoms. The average molecular weight is 1220 g/mol. The maximum Gasteiger partial charge on any atom is 0.312 e. The van der Waals surface area contributed by atoms with E-state index in [0.717, 1.165) is 35.6 Å². The van der Waals surface area contributed by atoms with E-state index in [1.54, 1.807) is 43.0 Å². The van der Waals surface area contributed by atoms with Crippen molar-refractivity contribution in [3.63, 3.8) is 0 Å². The molecule has 0 bridgehead atoms. The SMILES string of the molecule is CCCN(C(=O)[C@@H](NC(=O)[C@H]1CCCCN1C)[C@@H](C)CC)[C@H](C[C@@H](OC(C)=O)c1nc(C(=O)N[C@@H](Cc2ccc(NC(=O)[C@H](CCCNC(N)=O)NC(=O)[C@@H](NC(=O)CCCCCN3C(=O)C=CC3=O)C(C)C)cc2)C[C@H](C)C(=O)O)cs1)C(C)C. The second kappa shape index (κ2) is 35.4. The van der Waals surface area contributed by atoms with Gasteiger partial charge in [-0.1, -0.05) is 86.8 Å². The molecule has 476 valence electrons. The van der Waals surface area contributed by atoms with Crippen molar-refractivity contribution in [2.24, 2.45) is 29.4 Å². The van der Waals surface area contributed by atoms with Gasteiger partial charge >= 0.3 is 18.0 Å². The summed E-state index contributed by atoms with van der Waals surface area (Å²) in [6, 6.07) is 1.43. The van der Waals surface area contributed by atoms with Gasteiger partial charge in [-0.2, -0.15) is 0 Å². The minimum Gasteiger partial charge on any atom is -0.481 e. The van der Waals surface area contributed by atoms with E-state index in [-0.39, 0.29) is 105 Å². The summed E-state index contributed by atoms with van der Waals surface area (Å²) in [7, 11) is 1.93. The van der Waals surface area contributed by atoms with Crippen LogP contribution in [0.3, 0.4) is 0 Å². The van der Waals surface area contributed by atoms with Crippen molar-refractivity contribution in [2.75, 3.05) is 38.5 Å². The third kappa shape index (κ3) is 22.5. The number of aromatic nitrogens is 1. The van der Waals surface area contributed by atoms with Gasteiger partial charge in [0.1, 0.15) is 28.8 Å². The predicted octanol–water partition coefficient (Wildman–Crippen LogP) is 5.37. The number of aliphatic carboxylic acids is 1. The van der Waals surface area contributed by atoms with Crippen LogP contribution in [0.1, 0.15) is 173 Å². The number of carbonyl (C=O) groups is 11. The van der Waals surface area contributed by atoms with Crippen molar-refractivity contribution in [3.8, 4) is 0 Å². The van der Waals surface area contributed by atoms with E-state index in [2.05, 4.69) is 36.9 Å². The van der Waals surface area contributed by atoms with Gasteiger partial charge in [0.25, 0.3) is 17.7 Å². The van der Waals surface area contributed by atoms with Gasteiger partial charge in [0, 0.05) is 74.7 Å². The number of unbranched alkanes of at least 4 members (excludes halogenated alkanes) is 2. The first-order valence-corrected chi connectivity index (χ1v) is 31.2. The van der Waals surface area contributed by atoms with Crippen LogP contribution in [-0.2, 0) is 54.3 Å². The minimum absolute atomic E-state index is 0.00924. The fourth-order valence-corrected chi connectivity index (χ4v) is 11.4. The van der Waals surface area contributed by atoms with Crippen molar-refractivity contribution in [1.82, 2.24) is 46.3 Å². The van der Waals surface area contributed by atoms with Crippen LogP contribution in [0.4, 0.5) is 10.5 Å². The number of imide groups is 1. The molecule has 0 spiro atoms. The number of likely N-dealkylation sites (N-methyl/N-ethyl adjacent to an activating group) is 1. The monoisotopic (exact) mass is 1220 g/mol. The standard InChI is InChI=1S/C61H93N11O13S/c1-11-29-71(59(81)53(38(7)12-2)69-56(79)46-20-15-17-30-70(46)10)47(36(3)4)34-48(85-40(9)73)58-67-45(35-86-58)55(78)65-43(32-39(8)60(82)83)33-41-22-24-42(25-23-41)64-54(77)44(19-18-28-63-61(62)84)66-57(80)52(37(5)6)68-49(74)21-14-13-16-31-72-50(75)26-27-51(72)76/h22-27,35-39,43-44,46-48,52-53H,11-21,28-34H2,1-10H3,(H,64,77)(H,65,78)(H,66,80)(H,68,74)(H,69,79)(H,82,83)(H3,62,63,84)/t38-,39-,43+,44-,46+,47+,48+,52-,53-/m0/s1. The highest BCUT2D eigenvalue weighted by Gasteiger charge is 2.39. The second-order valence-corrected chi connectivity index (χ2v) is 24.3. The van der Waals surface area contributed by atoms with Crippen LogP contribution >= 0.6 is 11.3 Å². The number of hydrogen-bond donors (Lipinski definition) is 8. The summed E-state index contributed by atoms with van der Waals surface area (Å²) in [5.74, 6) is -6.55. The molecule has 0 radical (unpaired) electrons. The van der Waals surface area contributed by atoms with E-state index in [4.69, 9.17) is 10.5 Å². The van der Waals surface area contributed by atoms with Gasteiger partial charge in [0.15, 0.2) is 6.10 Å². The molecule has 1 fully saturated rings. The largest absolute Gasteiger partial charge is 0.481 e. The Morgan fingerprint density at radius 3 is 2.12 bits per heavy atom. The highest BCUT2D eigenvalue weighted by atomic mass is 32.1. The lowest BCUT2D eigenvalue weighted by Crippen LogP contribution is -2.58. The van der Waals surface area contributed by atoms with E-state index in [9.17, 15) is 57.8 Å². The van der Waals surface area contributed by atoms with E-state index in [1.807, 2.05) is 46.6 Å². The number of carboxylic acid groups (broad SMARTS) is 1. The molecule has 2 aliphatic heterocycles. The van der Waals surface area contributed by atoms with Gasteiger partial charge in [0.05, 0.1) is 12.0 Å². The summed E-state index contributed by atoms with van der Waals surface area (Å²) in [6.45, 7) is 17.7. The number of urea groups is 1. The Morgan fingerprint density at radius 2 is 1.52 bits per heavy atom. The molecule has 2 aromatic rings. The molecule has 9 N–H and O–H groups in total. The third-order valence-electron chi connectivity index (χ3n) is 15.7. The molecule has 0 aliphatic carbocycles. The van der Waals surface area contributed by atoms with Crippen LogP contribution < -0.4 is 37.6 Å². The fraction of sp³-hybridized carbons (Fsp3) is 0.639. The maximum atomic E-state index is 14.8. The Labute approximate surface area is 509 Å². The number of likely N-dealkylation sites (tertiary alicyclic amines) is 1. The molecular weight excluding hydrogens is 1130 g/mol. The number of nitrogens with two attached hydrogens (primary N) is 1. The summed E-state index contributed by atoms with van der Waals surface area (Å²) in [5.41, 5.74) is 6.28. The van der Waals surface area contributed by atoms with Crippen LogP contribution in [-0.4, -0.2) is 159 Å². The van der Waals surface area contributed by atoms with Crippen molar-refractivity contribution in [2.45, 2.75) is 195 Å². The Kier molecular flexibility index (Phi) is 29.3. The second-order valence-electron chi connectivity index (χ2n) is 23.4. The van der Waals surface area contributed by atoms with Crippen molar-refractivity contribution < 1.29 is 62.6 Å². The fourth-order valence-electron chi connectivity index (χ4n) is 10.5. The molecule has 2 aliphatic rings. The van der Waals surface area contributed by atoms with Crippen LogP contribution in [0.15, 0.2) is 41.8 Å². The van der Waals surface area contributed by atoms with Crippen LogP contribution in [0.5, 0.6) is 0 Å². The molecule has 4 rings (SSSR count). The van der Waals surface area contributed by atoms with Crippen LogP contribution in [0, 0.1) is 23.7 Å². The average Bonchev–Trinajstić information content (AvgIpc) is 2.54. The number of piperidine rings is 1. The van der Waals surface area contributed by atoms with Gasteiger partial charge in [-0.25, -0.2) is 9.78 Å². The number of esters is 1. The quantitative estimate of drug-likeness (QED) is 0.0242. The predicted molar refractivity (Wildman–Crippen MR) is 325 cm³/mol. The Bertz CT molecular complexity index is 2660. The molecule has 9 atom stereocenters. The number of primary amides is 1. The first kappa shape index (κ1) is 71.2. The van der Waals surface area contributed by atoms with Gasteiger partial charge in [-0.3, -0.25) is 57.7 Å². The summed E-state index contributed by atoms with van der Waals surface area (Å²) in [4.78, 5) is 153. The smallest absolute Gasteiger partial charge is 0.312 e. The number of nitrogens with zero attached hydrogens (tertiary/aromatic N) is 4. The highest BCUT2D eigenvalue weighted by molar-refractivity contribution is 7.09. The number of amides is 10. The Balaban J connectivity index is 1.47. The molecule has 24 nitrogen and oxygen atoms in total. The number of hydrogen-bond acceptors (Lipinski definition) is 15. The number of carbonyl (C=O) groups excluding carboxylic acids is 10. The van der Waals surface area contributed by atoms with E-state index < -0.39 is 83.8 Å². The first-order valence-electron chi connectivity index (χ1n) is 30.3. The third-order valence-corrected chi connectivity index (χ3v) is 16.6.